The Morgan fingerprint density at radius 2 is 1.85 bits per heavy atom. The fourth-order valence-corrected chi connectivity index (χ4v) is 4.65. The van der Waals surface area contributed by atoms with Gasteiger partial charge in [0.1, 0.15) is 5.75 Å². The van der Waals surface area contributed by atoms with Crippen molar-refractivity contribution in [2.24, 2.45) is 23.7 Å². The molecule has 2 aromatic rings. The third-order valence-corrected chi connectivity index (χ3v) is 6.38. The van der Waals surface area contributed by atoms with Crippen LogP contribution < -0.4 is 4.74 Å². The molecule has 1 aliphatic carbocycles. The van der Waals surface area contributed by atoms with E-state index in [1.807, 2.05) is 12.3 Å². The molecule has 2 fully saturated rings. The van der Waals surface area contributed by atoms with Crippen molar-refractivity contribution >= 4 is 11.8 Å². The maximum absolute atomic E-state index is 6.03. The summed E-state index contributed by atoms with van der Waals surface area (Å²) in [5, 5.41) is 0. The van der Waals surface area contributed by atoms with Crippen LogP contribution in [0.3, 0.4) is 0 Å². The largest absolute Gasteiger partial charge is 0.492 e. The monoisotopic (exact) mass is 368 g/mol. The van der Waals surface area contributed by atoms with E-state index >= 15 is 0 Å². The van der Waals surface area contributed by atoms with Crippen LogP contribution in [0, 0.1) is 23.7 Å². The van der Waals surface area contributed by atoms with Crippen molar-refractivity contribution in [2.75, 3.05) is 32.5 Å². The van der Waals surface area contributed by atoms with Crippen LogP contribution in [0.4, 0.5) is 0 Å². The lowest BCUT2D eigenvalue weighted by Gasteiger charge is -2.21. The second-order valence-corrected chi connectivity index (χ2v) is 8.90. The molecule has 3 nitrogen and oxygen atoms in total. The summed E-state index contributed by atoms with van der Waals surface area (Å²) in [6, 6.07) is 12.6. The van der Waals surface area contributed by atoms with E-state index in [-0.39, 0.29) is 0 Å². The standard InChI is InChI=1S/C22H28N2OS/c1-15(2)11-24-12-19-20(13-24)21(19)14-25-17-6-9-22(23-10-17)16-4-7-18(26-3)8-5-16/h4-10,15,19-21H,11-14H2,1-3H3. The van der Waals surface area contributed by atoms with E-state index in [0.29, 0.717) is 0 Å². The van der Waals surface area contributed by atoms with Gasteiger partial charge in [-0.3, -0.25) is 4.98 Å². The number of hydrogen-bond donors (Lipinski definition) is 0. The molecule has 2 unspecified atom stereocenters. The van der Waals surface area contributed by atoms with Gasteiger partial charge in [0.15, 0.2) is 0 Å². The van der Waals surface area contributed by atoms with Gasteiger partial charge >= 0.3 is 0 Å². The van der Waals surface area contributed by atoms with Crippen LogP contribution in [-0.2, 0) is 0 Å². The second-order valence-electron chi connectivity index (χ2n) is 8.02. The molecule has 2 atom stereocenters. The molecule has 1 saturated carbocycles. The third kappa shape index (κ3) is 3.91. The molecular formula is C22H28N2OS. The first kappa shape index (κ1) is 17.9. The summed E-state index contributed by atoms with van der Waals surface area (Å²) < 4.78 is 6.03. The van der Waals surface area contributed by atoms with Crippen LogP contribution in [0.2, 0.25) is 0 Å². The number of hydrogen-bond acceptors (Lipinski definition) is 4. The highest BCUT2D eigenvalue weighted by Gasteiger charge is 2.55. The number of piperidine rings is 1. The van der Waals surface area contributed by atoms with Gasteiger partial charge in [-0.1, -0.05) is 26.0 Å². The fourth-order valence-electron chi connectivity index (χ4n) is 4.24. The van der Waals surface area contributed by atoms with Gasteiger partial charge in [-0.05, 0) is 48.3 Å². The van der Waals surface area contributed by atoms with E-state index in [2.05, 4.69) is 60.3 Å². The zero-order chi connectivity index (χ0) is 18.1. The lowest BCUT2D eigenvalue weighted by atomic mass is 10.1. The summed E-state index contributed by atoms with van der Waals surface area (Å²) in [6.45, 7) is 9.22. The van der Waals surface area contributed by atoms with Gasteiger partial charge in [0.25, 0.3) is 0 Å². The van der Waals surface area contributed by atoms with E-state index in [1.54, 1.807) is 11.8 Å². The van der Waals surface area contributed by atoms with Crippen LogP contribution in [-0.4, -0.2) is 42.4 Å². The maximum Gasteiger partial charge on any atom is 0.137 e. The quantitative estimate of drug-likeness (QED) is 0.663. The number of pyridine rings is 1. The van der Waals surface area contributed by atoms with E-state index in [1.165, 1.54) is 24.5 Å². The van der Waals surface area contributed by atoms with Crippen molar-refractivity contribution in [1.29, 1.82) is 0 Å². The highest BCUT2D eigenvalue weighted by Crippen LogP contribution is 2.51. The Balaban J connectivity index is 1.27. The minimum absolute atomic E-state index is 0.747. The Bertz CT molecular complexity index is 717. The molecular weight excluding hydrogens is 340 g/mol. The molecule has 0 amide bonds. The number of rotatable bonds is 7. The van der Waals surface area contributed by atoms with Crippen molar-refractivity contribution in [1.82, 2.24) is 9.88 Å². The van der Waals surface area contributed by atoms with Gasteiger partial charge in [0, 0.05) is 36.0 Å². The summed E-state index contributed by atoms with van der Waals surface area (Å²) in [5.74, 6) is 4.12. The van der Waals surface area contributed by atoms with E-state index < -0.39 is 0 Å². The van der Waals surface area contributed by atoms with Crippen LogP contribution in [0.1, 0.15) is 13.8 Å². The number of thioether (sulfide) groups is 1. The fraction of sp³-hybridized carbons (Fsp3) is 0.500. The topological polar surface area (TPSA) is 25.4 Å². The summed E-state index contributed by atoms with van der Waals surface area (Å²) in [4.78, 5) is 8.47. The zero-order valence-corrected chi connectivity index (χ0v) is 16.7. The van der Waals surface area contributed by atoms with E-state index in [4.69, 9.17) is 4.74 Å². The molecule has 1 aliphatic heterocycles. The molecule has 0 spiro atoms. The van der Waals surface area contributed by atoms with E-state index in [9.17, 15) is 0 Å². The number of aromatic nitrogens is 1. The molecule has 0 N–H and O–H groups in total. The molecule has 138 valence electrons. The Morgan fingerprint density at radius 3 is 2.42 bits per heavy atom. The highest BCUT2D eigenvalue weighted by molar-refractivity contribution is 7.98. The predicted octanol–water partition coefficient (Wildman–Crippen LogP) is 4.68. The number of ether oxygens (including phenoxy) is 1. The predicted molar refractivity (Wildman–Crippen MR) is 109 cm³/mol. The summed E-state index contributed by atoms with van der Waals surface area (Å²) in [6.07, 6.45) is 3.95. The first-order valence-electron chi connectivity index (χ1n) is 9.59. The third-order valence-electron chi connectivity index (χ3n) is 5.63. The van der Waals surface area contributed by atoms with Crippen molar-refractivity contribution in [3.63, 3.8) is 0 Å². The van der Waals surface area contributed by atoms with Gasteiger partial charge in [-0.2, -0.15) is 0 Å². The Hall–Kier alpha value is -1.52. The van der Waals surface area contributed by atoms with Crippen LogP contribution >= 0.6 is 11.8 Å². The molecule has 0 radical (unpaired) electrons. The zero-order valence-electron chi connectivity index (χ0n) is 15.9. The Kier molecular flexibility index (Phi) is 5.23. The van der Waals surface area contributed by atoms with Crippen LogP contribution in [0.25, 0.3) is 11.3 Å². The molecule has 1 aromatic carbocycles. The molecule has 0 bridgehead atoms. The van der Waals surface area contributed by atoms with Crippen LogP contribution in [0.5, 0.6) is 5.75 Å². The minimum Gasteiger partial charge on any atom is -0.492 e. The molecule has 2 heterocycles. The molecule has 1 saturated heterocycles. The Morgan fingerprint density at radius 1 is 1.12 bits per heavy atom. The van der Waals surface area contributed by atoms with Crippen molar-refractivity contribution in [3.05, 3.63) is 42.6 Å². The Labute approximate surface area is 161 Å². The first-order valence-corrected chi connectivity index (χ1v) is 10.8. The number of nitrogens with zero attached hydrogens (tertiary/aromatic N) is 2. The van der Waals surface area contributed by atoms with Gasteiger partial charge in [0.05, 0.1) is 18.5 Å². The first-order chi connectivity index (χ1) is 12.6. The maximum atomic E-state index is 6.03. The summed E-state index contributed by atoms with van der Waals surface area (Å²) >= 11 is 1.76. The normalized spacial score (nSPS) is 24.7. The molecule has 2 aliphatic rings. The second kappa shape index (κ2) is 7.61. The van der Waals surface area contributed by atoms with Gasteiger partial charge in [-0.15, -0.1) is 11.8 Å². The summed E-state index contributed by atoms with van der Waals surface area (Å²) in [7, 11) is 0. The molecule has 1 aromatic heterocycles. The average Bonchev–Trinajstić information content (AvgIpc) is 3.11. The smallest absolute Gasteiger partial charge is 0.137 e. The average molecular weight is 369 g/mol. The van der Waals surface area contributed by atoms with Gasteiger partial charge in [-0.25, -0.2) is 0 Å². The minimum atomic E-state index is 0.747. The SMILES string of the molecule is CSc1ccc(-c2ccc(OCC3C4CN(CC(C)C)CC34)cn2)cc1. The molecule has 26 heavy (non-hydrogen) atoms. The summed E-state index contributed by atoms with van der Waals surface area (Å²) in [5.41, 5.74) is 2.15. The number of fused-ring (bicyclic) bond motifs is 1. The van der Waals surface area contributed by atoms with Crippen molar-refractivity contribution in [2.45, 2.75) is 18.7 Å². The number of benzene rings is 1. The highest BCUT2D eigenvalue weighted by atomic mass is 32.2. The molecule has 4 heteroatoms. The van der Waals surface area contributed by atoms with Crippen LogP contribution in [0.15, 0.2) is 47.5 Å². The van der Waals surface area contributed by atoms with Crippen molar-refractivity contribution < 1.29 is 4.74 Å². The van der Waals surface area contributed by atoms with Gasteiger partial charge < -0.3 is 9.64 Å². The van der Waals surface area contributed by atoms with Gasteiger partial charge in [0.2, 0.25) is 0 Å². The number of likely N-dealkylation sites (tertiary alicyclic amines) is 1. The lowest BCUT2D eigenvalue weighted by Crippen LogP contribution is -2.29. The van der Waals surface area contributed by atoms with Crippen molar-refractivity contribution in [3.8, 4) is 17.0 Å². The van der Waals surface area contributed by atoms with E-state index in [0.717, 1.165) is 47.3 Å². The lowest BCUT2D eigenvalue weighted by molar-refractivity contribution is 0.220. The molecule has 4 rings (SSSR count).